The molecule has 0 radical (unpaired) electrons. The molecule has 5 heteroatoms. The summed E-state index contributed by atoms with van der Waals surface area (Å²) in [4.78, 5) is 4.29. The maximum Gasteiger partial charge on any atom is 0.118 e. The maximum absolute atomic E-state index is 6.12. The van der Waals surface area contributed by atoms with Gasteiger partial charge in [-0.1, -0.05) is 23.7 Å². The molecule has 2 aromatic rings. The number of halogens is 1. The Morgan fingerprint density at radius 2 is 2.05 bits per heavy atom. The molecule has 0 saturated carbocycles. The van der Waals surface area contributed by atoms with Crippen LogP contribution in [-0.2, 0) is 0 Å². The predicted octanol–water partition coefficient (Wildman–Crippen LogP) is 3.80. The minimum absolute atomic E-state index is 0.240. The first kappa shape index (κ1) is 15.2. The van der Waals surface area contributed by atoms with Crippen molar-refractivity contribution in [3.8, 4) is 5.75 Å². The summed E-state index contributed by atoms with van der Waals surface area (Å²) in [5.74, 6) is 1.73. The Morgan fingerprint density at radius 3 is 2.65 bits per heavy atom. The average Bonchev–Trinajstić information content (AvgIpc) is 2.50. The van der Waals surface area contributed by atoms with Gasteiger partial charge in [-0.2, -0.15) is 0 Å². The summed E-state index contributed by atoms with van der Waals surface area (Å²) in [6, 6.07) is 12.0. The van der Waals surface area contributed by atoms with E-state index in [0.717, 1.165) is 16.5 Å². The molecule has 0 saturated heterocycles. The number of rotatable bonds is 6. The lowest BCUT2D eigenvalue weighted by Gasteiger charge is -2.16. The maximum atomic E-state index is 6.12. The fourth-order valence-corrected chi connectivity index (χ4v) is 3.13. The van der Waals surface area contributed by atoms with Crippen LogP contribution in [0.1, 0.15) is 11.6 Å². The van der Waals surface area contributed by atoms with Crippen LogP contribution in [0.4, 0.5) is 0 Å². The Morgan fingerprint density at radius 1 is 1.30 bits per heavy atom. The standard InChI is InChI=1S/C15H17ClN2OS/c1-17-14(11-5-7-12(19-2)8-6-11)10-20-15-13(16)4-3-9-18-15/h3-9,14,17H,10H2,1-2H3. The summed E-state index contributed by atoms with van der Waals surface area (Å²) in [6.45, 7) is 0. The molecule has 1 heterocycles. The van der Waals surface area contributed by atoms with Crippen molar-refractivity contribution in [1.82, 2.24) is 10.3 Å². The molecule has 1 aromatic heterocycles. The lowest BCUT2D eigenvalue weighted by Crippen LogP contribution is -2.18. The smallest absolute Gasteiger partial charge is 0.118 e. The largest absolute Gasteiger partial charge is 0.497 e. The molecule has 0 fully saturated rings. The highest BCUT2D eigenvalue weighted by Gasteiger charge is 2.11. The van der Waals surface area contributed by atoms with Crippen LogP contribution in [0.2, 0.25) is 5.02 Å². The zero-order chi connectivity index (χ0) is 14.4. The quantitative estimate of drug-likeness (QED) is 0.823. The Hall–Kier alpha value is -1.23. The Labute approximate surface area is 128 Å². The van der Waals surface area contributed by atoms with Gasteiger partial charge in [0.05, 0.1) is 12.1 Å². The number of hydrogen-bond donors (Lipinski definition) is 1. The van der Waals surface area contributed by atoms with Crippen LogP contribution in [0, 0.1) is 0 Å². The van der Waals surface area contributed by atoms with Gasteiger partial charge in [0.1, 0.15) is 10.8 Å². The summed E-state index contributed by atoms with van der Waals surface area (Å²) < 4.78 is 5.17. The Bertz CT molecular complexity index is 548. The number of aromatic nitrogens is 1. The molecule has 0 bridgehead atoms. The molecular weight excluding hydrogens is 292 g/mol. The van der Waals surface area contributed by atoms with E-state index in [-0.39, 0.29) is 6.04 Å². The van der Waals surface area contributed by atoms with Gasteiger partial charge in [-0.25, -0.2) is 4.98 Å². The zero-order valence-electron chi connectivity index (χ0n) is 11.5. The molecule has 1 atom stereocenters. The van der Waals surface area contributed by atoms with Crippen molar-refractivity contribution in [2.24, 2.45) is 0 Å². The van der Waals surface area contributed by atoms with E-state index in [1.807, 2.05) is 31.3 Å². The summed E-state index contributed by atoms with van der Waals surface area (Å²) >= 11 is 7.76. The van der Waals surface area contributed by atoms with Gasteiger partial charge in [0, 0.05) is 18.0 Å². The number of nitrogens with one attached hydrogen (secondary N) is 1. The first-order chi connectivity index (χ1) is 9.74. The van der Waals surface area contributed by atoms with Crippen LogP contribution < -0.4 is 10.1 Å². The number of ether oxygens (including phenoxy) is 1. The van der Waals surface area contributed by atoms with Crippen LogP contribution in [0.3, 0.4) is 0 Å². The SMILES string of the molecule is CNC(CSc1ncccc1Cl)c1ccc(OC)cc1. The third-order valence-electron chi connectivity index (χ3n) is 2.98. The van der Waals surface area contributed by atoms with Crippen LogP contribution in [0.15, 0.2) is 47.6 Å². The minimum Gasteiger partial charge on any atom is -0.497 e. The van der Waals surface area contributed by atoms with Crippen LogP contribution in [0.5, 0.6) is 5.75 Å². The predicted molar refractivity (Wildman–Crippen MR) is 84.8 cm³/mol. The molecule has 0 aliphatic heterocycles. The third kappa shape index (κ3) is 3.88. The van der Waals surface area contributed by atoms with E-state index in [1.54, 1.807) is 25.1 Å². The van der Waals surface area contributed by atoms with Gasteiger partial charge in [-0.3, -0.25) is 0 Å². The van der Waals surface area contributed by atoms with Crippen molar-refractivity contribution in [3.63, 3.8) is 0 Å². The van der Waals surface area contributed by atoms with Crippen molar-refractivity contribution in [3.05, 3.63) is 53.2 Å². The third-order valence-corrected chi connectivity index (χ3v) is 4.49. The number of thioether (sulfide) groups is 1. The van der Waals surface area contributed by atoms with Gasteiger partial charge >= 0.3 is 0 Å². The second-order valence-electron chi connectivity index (χ2n) is 4.22. The van der Waals surface area contributed by atoms with Gasteiger partial charge < -0.3 is 10.1 Å². The van der Waals surface area contributed by atoms with Gasteiger partial charge in [0.15, 0.2) is 0 Å². The Balaban J connectivity index is 2.03. The number of pyridine rings is 1. The first-order valence-corrected chi connectivity index (χ1v) is 7.65. The summed E-state index contributed by atoms with van der Waals surface area (Å²) in [6.07, 6.45) is 1.76. The zero-order valence-corrected chi connectivity index (χ0v) is 13.0. The molecule has 0 aliphatic rings. The molecule has 1 unspecified atom stereocenters. The molecule has 106 valence electrons. The van der Waals surface area contributed by atoms with E-state index < -0.39 is 0 Å². The molecule has 0 aliphatic carbocycles. The van der Waals surface area contributed by atoms with Crippen molar-refractivity contribution in [2.45, 2.75) is 11.1 Å². The highest BCUT2D eigenvalue weighted by Crippen LogP contribution is 2.28. The second kappa shape index (κ2) is 7.53. The van der Waals surface area contributed by atoms with Crippen LogP contribution in [0.25, 0.3) is 0 Å². The van der Waals surface area contributed by atoms with Crippen molar-refractivity contribution >= 4 is 23.4 Å². The minimum atomic E-state index is 0.240. The number of hydrogen-bond acceptors (Lipinski definition) is 4. The fourth-order valence-electron chi connectivity index (χ4n) is 1.82. The van der Waals surface area contributed by atoms with E-state index >= 15 is 0 Å². The summed E-state index contributed by atoms with van der Waals surface area (Å²) in [5, 5.41) is 4.87. The van der Waals surface area contributed by atoms with Crippen LogP contribution in [-0.4, -0.2) is 24.9 Å². The van der Waals surface area contributed by atoms with E-state index in [4.69, 9.17) is 16.3 Å². The van der Waals surface area contributed by atoms with Gasteiger partial charge in [-0.05, 0) is 36.9 Å². The summed E-state index contributed by atoms with van der Waals surface area (Å²) in [5.41, 5.74) is 1.22. The number of benzene rings is 1. The lowest BCUT2D eigenvalue weighted by atomic mass is 10.1. The Kier molecular flexibility index (Phi) is 5.71. The average molecular weight is 309 g/mol. The molecule has 1 aromatic carbocycles. The topological polar surface area (TPSA) is 34.2 Å². The summed E-state index contributed by atoms with van der Waals surface area (Å²) in [7, 11) is 3.62. The second-order valence-corrected chi connectivity index (χ2v) is 5.63. The molecule has 0 amide bonds. The highest BCUT2D eigenvalue weighted by atomic mass is 35.5. The van der Waals surface area contributed by atoms with E-state index in [2.05, 4.69) is 22.4 Å². The van der Waals surface area contributed by atoms with E-state index in [0.29, 0.717) is 5.02 Å². The molecule has 2 rings (SSSR count). The molecule has 0 spiro atoms. The monoisotopic (exact) mass is 308 g/mol. The van der Waals surface area contributed by atoms with Crippen molar-refractivity contribution in [1.29, 1.82) is 0 Å². The molecular formula is C15H17ClN2OS. The number of nitrogens with zero attached hydrogens (tertiary/aromatic N) is 1. The highest BCUT2D eigenvalue weighted by molar-refractivity contribution is 7.99. The fraction of sp³-hybridized carbons (Fsp3) is 0.267. The van der Waals surface area contributed by atoms with Crippen molar-refractivity contribution in [2.75, 3.05) is 19.9 Å². The van der Waals surface area contributed by atoms with Gasteiger partial charge in [-0.15, -0.1) is 11.8 Å². The van der Waals surface area contributed by atoms with Gasteiger partial charge in [0.2, 0.25) is 0 Å². The molecule has 3 nitrogen and oxygen atoms in total. The van der Waals surface area contributed by atoms with Crippen LogP contribution >= 0.6 is 23.4 Å². The van der Waals surface area contributed by atoms with Crippen molar-refractivity contribution < 1.29 is 4.74 Å². The molecule has 20 heavy (non-hydrogen) atoms. The van der Waals surface area contributed by atoms with E-state index in [9.17, 15) is 0 Å². The van der Waals surface area contributed by atoms with E-state index in [1.165, 1.54) is 5.56 Å². The normalized spacial score (nSPS) is 12.2. The lowest BCUT2D eigenvalue weighted by molar-refractivity contribution is 0.414. The number of methoxy groups -OCH3 is 1. The molecule has 1 N–H and O–H groups in total. The van der Waals surface area contributed by atoms with Gasteiger partial charge in [0.25, 0.3) is 0 Å². The first-order valence-electron chi connectivity index (χ1n) is 6.29.